The zero-order chi connectivity index (χ0) is 21.8. The quantitative estimate of drug-likeness (QED) is 0.193. The second-order valence-electron chi connectivity index (χ2n) is 8.48. The predicted octanol–water partition coefficient (Wildman–Crippen LogP) is 7.83. The number of carbonyl (C=O) groups is 1. The number of halogens is 3. The summed E-state index contributed by atoms with van der Waals surface area (Å²) in [7, 11) is 0. The topological polar surface area (TPSA) is 35.5 Å². The molecule has 0 atom stereocenters. The average molecular weight is 429 g/mol. The van der Waals surface area contributed by atoms with E-state index in [0.29, 0.717) is 12.3 Å². The van der Waals surface area contributed by atoms with Crippen molar-refractivity contribution < 1.29 is 27.4 Å². The zero-order valence-corrected chi connectivity index (χ0v) is 18.0. The van der Waals surface area contributed by atoms with Crippen LogP contribution < -0.4 is 9.47 Å². The van der Waals surface area contributed by atoms with E-state index in [-0.39, 0.29) is 17.5 Å². The predicted molar refractivity (Wildman–Crippen MR) is 111 cm³/mol. The van der Waals surface area contributed by atoms with E-state index in [9.17, 15) is 18.0 Å². The van der Waals surface area contributed by atoms with Crippen LogP contribution in [0.3, 0.4) is 0 Å². The van der Waals surface area contributed by atoms with Gasteiger partial charge in [0.1, 0.15) is 11.5 Å². The molecule has 0 spiro atoms. The fourth-order valence-corrected chi connectivity index (χ4v) is 4.24. The first-order valence-corrected chi connectivity index (χ1v) is 11.4. The Morgan fingerprint density at radius 3 is 2.00 bits per heavy atom. The maximum Gasteiger partial charge on any atom is 0.573 e. The number of unbranched alkanes of at least 4 members (excludes halogenated alkanes) is 5. The van der Waals surface area contributed by atoms with Crippen molar-refractivity contribution in [2.24, 2.45) is 11.8 Å². The molecule has 0 aliphatic heterocycles. The normalized spacial score (nSPS) is 19.5. The molecule has 30 heavy (non-hydrogen) atoms. The fraction of sp³-hybridized carbons (Fsp3) is 0.708. The highest BCUT2D eigenvalue weighted by atomic mass is 19.4. The Kier molecular flexibility index (Phi) is 10.5. The van der Waals surface area contributed by atoms with Gasteiger partial charge in [0, 0.05) is 6.42 Å². The summed E-state index contributed by atoms with van der Waals surface area (Å²) in [4.78, 5) is 12.0. The van der Waals surface area contributed by atoms with E-state index < -0.39 is 6.36 Å². The molecule has 1 saturated carbocycles. The van der Waals surface area contributed by atoms with Gasteiger partial charge in [0.05, 0.1) is 0 Å². The van der Waals surface area contributed by atoms with E-state index in [2.05, 4.69) is 11.7 Å². The van der Waals surface area contributed by atoms with Crippen LogP contribution >= 0.6 is 0 Å². The van der Waals surface area contributed by atoms with E-state index in [4.69, 9.17) is 4.74 Å². The molecule has 0 saturated heterocycles. The minimum Gasteiger partial charge on any atom is -0.427 e. The molecular weight excluding hydrogens is 393 g/mol. The molecule has 0 N–H and O–H groups in total. The lowest BCUT2D eigenvalue weighted by molar-refractivity contribution is -0.274. The summed E-state index contributed by atoms with van der Waals surface area (Å²) >= 11 is 0. The Hall–Kier alpha value is -1.72. The highest BCUT2D eigenvalue weighted by Gasteiger charge is 2.31. The first-order valence-electron chi connectivity index (χ1n) is 11.4. The number of esters is 1. The maximum atomic E-state index is 12.2. The lowest BCUT2D eigenvalue weighted by Gasteiger charge is -2.28. The van der Waals surface area contributed by atoms with Crippen molar-refractivity contribution in [3.63, 3.8) is 0 Å². The minimum atomic E-state index is -4.73. The highest BCUT2D eigenvalue weighted by Crippen LogP contribution is 2.34. The summed E-state index contributed by atoms with van der Waals surface area (Å²) in [5.41, 5.74) is 0. The van der Waals surface area contributed by atoms with Gasteiger partial charge in [-0.05, 0) is 42.5 Å². The number of ether oxygens (including phenoxy) is 2. The number of carbonyl (C=O) groups excluding carboxylic acids is 1. The van der Waals surface area contributed by atoms with Crippen molar-refractivity contribution >= 4 is 5.97 Å². The van der Waals surface area contributed by atoms with Crippen LogP contribution in [0.2, 0.25) is 0 Å². The number of hydrogen-bond acceptors (Lipinski definition) is 3. The summed E-state index contributed by atoms with van der Waals surface area (Å²) in [6.07, 6.45) is 10.7. The van der Waals surface area contributed by atoms with E-state index >= 15 is 0 Å². The monoisotopic (exact) mass is 428 g/mol. The van der Waals surface area contributed by atoms with Gasteiger partial charge in [-0.1, -0.05) is 77.6 Å². The van der Waals surface area contributed by atoms with E-state index in [1.165, 1.54) is 82.8 Å². The molecule has 1 fully saturated rings. The second kappa shape index (κ2) is 12.9. The summed E-state index contributed by atoms with van der Waals surface area (Å²) in [6, 6.07) is 4.90. The number of hydrogen-bond donors (Lipinski definition) is 0. The van der Waals surface area contributed by atoms with Gasteiger partial charge < -0.3 is 9.47 Å². The van der Waals surface area contributed by atoms with Crippen LogP contribution in [0.4, 0.5) is 13.2 Å². The summed E-state index contributed by atoms with van der Waals surface area (Å²) in [6.45, 7) is 2.24. The fourth-order valence-electron chi connectivity index (χ4n) is 4.24. The smallest absolute Gasteiger partial charge is 0.427 e. The molecule has 1 aromatic rings. The third-order valence-corrected chi connectivity index (χ3v) is 5.98. The Morgan fingerprint density at radius 2 is 1.40 bits per heavy atom. The largest absolute Gasteiger partial charge is 0.573 e. The van der Waals surface area contributed by atoms with Gasteiger partial charge >= 0.3 is 12.3 Å². The molecule has 2 rings (SSSR count). The van der Waals surface area contributed by atoms with E-state index in [1.54, 1.807) is 0 Å². The van der Waals surface area contributed by atoms with Crippen LogP contribution in [0.15, 0.2) is 24.3 Å². The summed E-state index contributed by atoms with van der Waals surface area (Å²) in [5.74, 6) is 0.976. The van der Waals surface area contributed by atoms with E-state index in [1.807, 2.05) is 0 Å². The van der Waals surface area contributed by atoms with Crippen LogP contribution in [0.25, 0.3) is 0 Å². The second-order valence-corrected chi connectivity index (χ2v) is 8.48. The van der Waals surface area contributed by atoms with Crippen LogP contribution in [-0.2, 0) is 4.79 Å². The van der Waals surface area contributed by atoms with Crippen molar-refractivity contribution in [2.75, 3.05) is 0 Å². The first kappa shape index (κ1) is 24.5. The average Bonchev–Trinajstić information content (AvgIpc) is 2.70. The van der Waals surface area contributed by atoms with Crippen LogP contribution in [-0.4, -0.2) is 12.3 Å². The van der Waals surface area contributed by atoms with Gasteiger partial charge in [-0.3, -0.25) is 4.79 Å². The molecule has 0 unspecified atom stereocenters. The maximum absolute atomic E-state index is 12.2. The van der Waals surface area contributed by atoms with Crippen LogP contribution in [0.1, 0.15) is 90.4 Å². The molecule has 1 aliphatic rings. The van der Waals surface area contributed by atoms with Crippen molar-refractivity contribution in [1.82, 2.24) is 0 Å². The first-order chi connectivity index (χ1) is 14.4. The molecule has 6 heteroatoms. The Bertz CT molecular complexity index is 605. The Balaban J connectivity index is 1.57. The van der Waals surface area contributed by atoms with Gasteiger partial charge in [-0.25, -0.2) is 0 Å². The van der Waals surface area contributed by atoms with Crippen molar-refractivity contribution in [1.29, 1.82) is 0 Å². The van der Waals surface area contributed by atoms with Crippen LogP contribution in [0, 0.1) is 11.8 Å². The molecule has 3 nitrogen and oxygen atoms in total. The van der Waals surface area contributed by atoms with Crippen molar-refractivity contribution in [2.45, 2.75) is 96.8 Å². The summed E-state index contributed by atoms with van der Waals surface area (Å²) in [5, 5.41) is 0. The number of benzene rings is 1. The molecule has 1 aliphatic carbocycles. The Labute approximate surface area is 178 Å². The van der Waals surface area contributed by atoms with E-state index in [0.717, 1.165) is 24.5 Å². The van der Waals surface area contributed by atoms with Gasteiger partial charge in [0.2, 0.25) is 0 Å². The molecule has 0 radical (unpaired) electrons. The lowest BCUT2D eigenvalue weighted by atomic mass is 9.78. The zero-order valence-electron chi connectivity index (χ0n) is 18.0. The molecule has 0 amide bonds. The molecule has 170 valence electrons. The van der Waals surface area contributed by atoms with Gasteiger partial charge in [0.15, 0.2) is 0 Å². The third-order valence-electron chi connectivity index (χ3n) is 5.98. The molecule has 0 aromatic heterocycles. The van der Waals surface area contributed by atoms with Crippen LogP contribution in [0.5, 0.6) is 11.5 Å². The van der Waals surface area contributed by atoms with Crippen molar-refractivity contribution in [3.05, 3.63) is 24.3 Å². The number of rotatable bonds is 12. The molecular formula is C24H35F3O3. The SMILES string of the molecule is CCCCCCCCC1CCC(CCC(=O)Oc2ccc(OC(F)(F)F)cc2)CC1. The van der Waals surface area contributed by atoms with Gasteiger partial charge in [-0.15, -0.1) is 13.2 Å². The molecule has 1 aromatic carbocycles. The van der Waals surface area contributed by atoms with Crippen molar-refractivity contribution in [3.8, 4) is 11.5 Å². The summed E-state index contributed by atoms with van der Waals surface area (Å²) < 4.78 is 45.5. The molecule has 0 heterocycles. The Morgan fingerprint density at radius 1 is 0.867 bits per heavy atom. The highest BCUT2D eigenvalue weighted by molar-refractivity contribution is 5.72. The minimum absolute atomic E-state index is 0.233. The van der Waals surface area contributed by atoms with Gasteiger partial charge in [0.25, 0.3) is 0 Å². The van der Waals surface area contributed by atoms with Gasteiger partial charge in [-0.2, -0.15) is 0 Å². The molecule has 0 bridgehead atoms. The third kappa shape index (κ3) is 10.4. The standard InChI is InChI=1S/C24H35F3O3/c1-2-3-4-5-6-7-8-19-9-11-20(12-10-19)13-18-23(28)29-21-14-16-22(17-15-21)30-24(25,26)27/h14-17,19-20H,2-13,18H2,1H3. The lowest BCUT2D eigenvalue weighted by Crippen LogP contribution is -2.17. The number of alkyl halides is 3.